The molecule has 1 spiro atoms. The fourth-order valence-corrected chi connectivity index (χ4v) is 6.83. The molecule has 0 unspecified atom stereocenters. The molecule has 8 nitrogen and oxygen atoms in total. The van der Waals surface area contributed by atoms with Gasteiger partial charge in [-0.2, -0.15) is 5.10 Å². The second kappa shape index (κ2) is 6.77. The van der Waals surface area contributed by atoms with Crippen LogP contribution in [0.5, 0.6) is 0 Å². The van der Waals surface area contributed by atoms with E-state index in [0.717, 1.165) is 42.6 Å². The second-order valence-electron chi connectivity index (χ2n) is 10.5. The van der Waals surface area contributed by atoms with Crippen LogP contribution in [0.15, 0.2) is 12.5 Å². The summed E-state index contributed by atoms with van der Waals surface area (Å²) in [7, 11) is 0. The number of aromatic nitrogens is 5. The molecule has 0 amide bonds. The van der Waals surface area contributed by atoms with E-state index in [1.165, 1.54) is 45.9 Å². The van der Waals surface area contributed by atoms with Gasteiger partial charge in [-0.15, -0.1) is 0 Å². The Morgan fingerprint density at radius 3 is 2.64 bits per heavy atom. The van der Waals surface area contributed by atoms with Crippen molar-refractivity contribution in [3.63, 3.8) is 0 Å². The number of thiazole rings is 1. The average Bonchev–Trinajstić information content (AvgIpc) is 3.37. The Balaban J connectivity index is 1.20. The first kappa shape index (κ1) is 19.9. The van der Waals surface area contributed by atoms with Crippen LogP contribution in [0.2, 0.25) is 0 Å². The summed E-state index contributed by atoms with van der Waals surface area (Å²) in [5.74, 6) is 0.363. The summed E-state index contributed by atoms with van der Waals surface area (Å²) in [6, 6.07) is 0.665. The van der Waals surface area contributed by atoms with Crippen molar-refractivity contribution in [2.75, 3.05) is 44.3 Å². The van der Waals surface area contributed by atoms with Gasteiger partial charge in [0.1, 0.15) is 16.7 Å². The lowest BCUT2D eigenvalue weighted by atomic mass is 9.72. The summed E-state index contributed by atoms with van der Waals surface area (Å²) in [5, 5.41) is 5.55. The molecule has 4 aromatic heterocycles. The average molecular weight is 464 g/mol. The molecule has 7 rings (SSSR count). The minimum absolute atomic E-state index is 0.363. The predicted molar refractivity (Wildman–Crippen MR) is 130 cm³/mol. The first-order valence-electron chi connectivity index (χ1n) is 11.8. The third kappa shape index (κ3) is 2.79. The smallest absolute Gasteiger partial charge is 0.187 e. The van der Waals surface area contributed by atoms with Gasteiger partial charge in [0.05, 0.1) is 24.9 Å². The molecule has 3 saturated heterocycles. The number of pyridine rings is 1. The fraction of sp³-hybridized carbons (Fsp3) is 0.542. The summed E-state index contributed by atoms with van der Waals surface area (Å²) < 4.78 is 7.24. The van der Waals surface area contributed by atoms with Crippen LogP contribution in [0.3, 0.4) is 0 Å². The Kier molecular flexibility index (Phi) is 4.09. The molecule has 0 bridgehead atoms. The number of H-pyrrole nitrogens is 1. The maximum absolute atomic E-state index is 5.36. The SMILES string of the molecule is Cc1c(-c2[nH]c3sc(N4CC5(C4)CN(C4COC4)C5)nc3c2C(C)C)cn2ncnc2c1C. The van der Waals surface area contributed by atoms with Crippen molar-refractivity contribution in [1.29, 1.82) is 0 Å². The minimum Gasteiger partial charge on any atom is -0.378 e. The summed E-state index contributed by atoms with van der Waals surface area (Å²) in [6.07, 6.45) is 3.72. The van der Waals surface area contributed by atoms with E-state index in [4.69, 9.17) is 9.72 Å². The van der Waals surface area contributed by atoms with E-state index in [1.54, 1.807) is 17.7 Å². The van der Waals surface area contributed by atoms with E-state index < -0.39 is 0 Å². The van der Waals surface area contributed by atoms with Gasteiger partial charge in [-0.05, 0) is 30.9 Å². The van der Waals surface area contributed by atoms with Crippen molar-refractivity contribution in [3.8, 4) is 11.3 Å². The molecule has 172 valence electrons. The van der Waals surface area contributed by atoms with Gasteiger partial charge in [-0.3, -0.25) is 4.90 Å². The van der Waals surface area contributed by atoms with Crippen molar-refractivity contribution in [3.05, 3.63) is 29.2 Å². The Labute approximate surface area is 196 Å². The molecule has 0 aromatic carbocycles. The Morgan fingerprint density at radius 2 is 1.94 bits per heavy atom. The van der Waals surface area contributed by atoms with Gasteiger partial charge in [0.25, 0.3) is 0 Å². The number of hydrogen-bond acceptors (Lipinski definition) is 7. The standard InChI is InChI=1S/C24H29N7OS/c1-13(2)18-19(17-5-31-21(25-12-26-31)15(4)14(17)3)27-22-20(18)28-23(33-22)30-10-24(11-30)8-29(9-24)16-6-32-7-16/h5,12-13,16,27H,6-11H2,1-4H3. The number of aryl methyl sites for hydroxylation is 1. The molecule has 3 aliphatic heterocycles. The number of anilines is 1. The van der Waals surface area contributed by atoms with Crippen molar-refractivity contribution in [2.45, 2.75) is 39.7 Å². The number of likely N-dealkylation sites (tertiary alicyclic amines) is 1. The monoisotopic (exact) mass is 463 g/mol. The number of nitrogens with zero attached hydrogens (tertiary/aromatic N) is 6. The summed E-state index contributed by atoms with van der Waals surface area (Å²) in [6.45, 7) is 15.3. The van der Waals surface area contributed by atoms with Crippen LogP contribution in [-0.4, -0.2) is 74.9 Å². The van der Waals surface area contributed by atoms with E-state index in [-0.39, 0.29) is 0 Å². The topological polar surface area (TPSA) is 74.6 Å². The van der Waals surface area contributed by atoms with Crippen LogP contribution in [0, 0.1) is 19.3 Å². The van der Waals surface area contributed by atoms with Crippen molar-refractivity contribution < 1.29 is 4.74 Å². The predicted octanol–water partition coefficient (Wildman–Crippen LogP) is 3.60. The molecule has 0 radical (unpaired) electrons. The molecule has 1 N–H and O–H groups in total. The summed E-state index contributed by atoms with van der Waals surface area (Å²) in [5.41, 5.74) is 8.57. The first-order valence-corrected chi connectivity index (χ1v) is 12.6. The largest absolute Gasteiger partial charge is 0.378 e. The summed E-state index contributed by atoms with van der Waals surface area (Å²) >= 11 is 1.79. The van der Waals surface area contributed by atoms with Gasteiger partial charge < -0.3 is 14.6 Å². The number of rotatable bonds is 4. The van der Waals surface area contributed by atoms with Crippen LogP contribution in [-0.2, 0) is 4.74 Å². The zero-order valence-electron chi connectivity index (χ0n) is 19.6. The van der Waals surface area contributed by atoms with Gasteiger partial charge in [0.2, 0.25) is 0 Å². The Morgan fingerprint density at radius 1 is 1.15 bits per heavy atom. The Hall–Kier alpha value is -2.49. The molecule has 0 aliphatic carbocycles. The lowest BCUT2D eigenvalue weighted by Crippen LogP contribution is -2.75. The van der Waals surface area contributed by atoms with Gasteiger partial charge in [-0.25, -0.2) is 14.5 Å². The molecule has 0 atom stereocenters. The lowest BCUT2D eigenvalue weighted by molar-refractivity contribution is -0.137. The number of ether oxygens (including phenoxy) is 1. The molecule has 3 aliphatic rings. The highest BCUT2D eigenvalue weighted by Crippen LogP contribution is 2.47. The van der Waals surface area contributed by atoms with Crippen molar-refractivity contribution in [1.82, 2.24) is 29.5 Å². The van der Waals surface area contributed by atoms with Gasteiger partial charge in [-0.1, -0.05) is 25.2 Å². The fourth-order valence-electron chi connectivity index (χ4n) is 5.85. The minimum atomic E-state index is 0.363. The molecule has 33 heavy (non-hydrogen) atoms. The zero-order chi connectivity index (χ0) is 22.5. The lowest BCUT2D eigenvalue weighted by Gasteiger charge is -2.62. The second-order valence-corrected chi connectivity index (χ2v) is 11.5. The molecule has 3 fully saturated rings. The Bertz CT molecular complexity index is 1380. The molecular weight excluding hydrogens is 434 g/mol. The number of aromatic amines is 1. The van der Waals surface area contributed by atoms with Gasteiger partial charge >= 0.3 is 0 Å². The highest BCUT2D eigenvalue weighted by molar-refractivity contribution is 7.21. The van der Waals surface area contributed by atoms with Crippen LogP contribution >= 0.6 is 11.3 Å². The first-order chi connectivity index (χ1) is 15.9. The summed E-state index contributed by atoms with van der Waals surface area (Å²) in [4.78, 5) is 19.5. The van der Waals surface area contributed by atoms with Crippen molar-refractivity contribution >= 4 is 32.5 Å². The van der Waals surface area contributed by atoms with Crippen LogP contribution in [0.1, 0.15) is 36.5 Å². The highest BCUT2D eigenvalue weighted by atomic mass is 32.1. The van der Waals surface area contributed by atoms with E-state index >= 15 is 0 Å². The molecule has 0 saturated carbocycles. The number of nitrogens with one attached hydrogen (secondary N) is 1. The van der Waals surface area contributed by atoms with Gasteiger partial charge in [0.15, 0.2) is 10.8 Å². The third-order valence-electron chi connectivity index (χ3n) is 7.89. The van der Waals surface area contributed by atoms with E-state index in [1.807, 2.05) is 4.52 Å². The van der Waals surface area contributed by atoms with Crippen molar-refractivity contribution in [2.24, 2.45) is 5.41 Å². The number of fused-ring (bicyclic) bond motifs is 2. The van der Waals surface area contributed by atoms with Crippen LogP contribution < -0.4 is 4.90 Å². The van der Waals surface area contributed by atoms with Crippen LogP contribution in [0.4, 0.5) is 5.13 Å². The number of hydrogen-bond donors (Lipinski definition) is 1. The third-order valence-corrected chi connectivity index (χ3v) is 8.92. The van der Waals surface area contributed by atoms with Gasteiger partial charge in [0, 0.05) is 48.9 Å². The quantitative estimate of drug-likeness (QED) is 0.499. The molecular formula is C24H29N7OS. The van der Waals surface area contributed by atoms with E-state index in [0.29, 0.717) is 17.4 Å². The van der Waals surface area contributed by atoms with Crippen LogP contribution in [0.25, 0.3) is 27.3 Å². The normalized spacial score (nSPS) is 20.7. The maximum Gasteiger partial charge on any atom is 0.187 e. The van der Waals surface area contributed by atoms with E-state index in [2.05, 4.69) is 58.8 Å². The maximum atomic E-state index is 5.36. The van der Waals surface area contributed by atoms with E-state index in [9.17, 15) is 0 Å². The molecule has 4 aromatic rings. The molecule has 9 heteroatoms. The highest BCUT2D eigenvalue weighted by Gasteiger charge is 2.54. The zero-order valence-corrected chi connectivity index (χ0v) is 20.4. The molecule has 7 heterocycles.